The van der Waals surface area contributed by atoms with E-state index < -0.39 is 6.04 Å². The van der Waals surface area contributed by atoms with Gasteiger partial charge in [-0.15, -0.1) is 0 Å². The molecule has 0 aromatic heterocycles. The number of hydrogen-bond acceptors (Lipinski definition) is 3. The van der Waals surface area contributed by atoms with Crippen molar-refractivity contribution in [3.63, 3.8) is 0 Å². The maximum Gasteiger partial charge on any atom is 0.261 e. The van der Waals surface area contributed by atoms with Crippen molar-refractivity contribution in [1.82, 2.24) is 10.2 Å². The molecule has 1 atom stereocenters. The fourth-order valence-electron chi connectivity index (χ4n) is 2.83. The molecule has 0 saturated heterocycles. The SMILES string of the molecule is CCCCNC(=O)[C@H](C)N(Cc1ccccc1)C(=O)COc1cccc(C)c1. The molecule has 2 rings (SSSR count). The molecule has 5 nitrogen and oxygen atoms in total. The summed E-state index contributed by atoms with van der Waals surface area (Å²) in [4.78, 5) is 27.0. The minimum absolute atomic E-state index is 0.108. The molecule has 0 bridgehead atoms. The molecule has 0 spiro atoms. The number of nitrogens with zero attached hydrogens (tertiary/aromatic N) is 1. The van der Waals surface area contributed by atoms with Gasteiger partial charge in [-0.1, -0.05) is 55.8 Å². The Hall–Kier alpha value is -2.82. The lowest BCUT2D eigenvalue weighted by Gasteiger charge is -2.28. The Morgan fingerprint density at radius 2 is 1.86 bits per heavy atom. The molecule has 0 radical (unpaired) electrons. The lowest BCUT2D eigenvalue weighted by atomic mass is 10.1. The van der Waals surface area contributed by atoms with Gasteiger partial charge in [0.1, 0.15) is 11.8 Å². The predicted molar refractivity (Wildman–Crippen MR) is 111 cm³/mol. The zero-order valence-corrected chi connectivity index (χ0v) is 17.0. The van der Waals surface area contributed by atoms with E-state index in [2.05, 4.69) is 12.2 Å². The van der Waals surface area contributed by atoms with E-state index >= 15 is 0 Å². The van der Waals surface area contributed by atoms with E-state index in [1.165, 1.54) is 0 Å². The van der Waals surface area contributed by atoms with Gasteiger partial charge in [-0.05, 0) is 43.5 Å². The van der Waals surface area contributed by atoms with Crippen LogP contribution in [0.4, 0.5) is 0 Å². The molecule has 28 heavy (non-hydrogen) atoms. The zero-order chi connectivity index (χ0) is 20.4. The highest BCUT2D eigenvalue weighted by atomic mass is 16.5. The van der Waals surface area contributed by atoms with E-state index in [9.17, 15) is 9.59 Å². The van der Waals surface area contributed by atoms with Crippen molar-refractivity contribution >= 4 is 11.8 Å². The lowest BCUT2D eigenvalue weighted by molar-refractivity contribution is -0.142. The van der Waals surface area contributed by atoms with Crippen molar-refractivity contribution in [2.45, 2.75) is 46.2 Å². The minimum Gasteiger partial charge on any atom is -0.484 e. The van der Waals surface area contributed by atoms with Gasteiger partial charge in [-0.25, -0.2) is 0 Å². The van der Waals surface area contributed by atoms with Gasteiger partial charge in [0.15, 0.2) is 6.61 Å². The highest BCUT2D eigenvalue weighted by Crippen LogP contribution is 2.14. The normalized spacial score (nSPS) is 11.5. The molecule has 0 saturated carbocycles. The standard InChI is InChI=1S/C23H30N2O3/c1-4-5-14-24-23(27)19(3)25(16-20-11-7-6-8-12-20)22(26)17-28-21-13-9-10-18(2)15-21/h6-13,15,19H,4-5,14,16-17H2,1-3H3,(H,24,27)/t19-/m0/s1. The quantitative estimate of drug-likeness (QED) is 0.637. The number of rotatable bonds is 10. The molecule has 0 unspecified atom stereocenters. The van der Waals surface area contributed by atoms with Crippen LogP contribution in [0.25, 0.3) is 0 Å². The Morgan fingerprint density at radius 3 is 2.54 bits per heavy atom. The van der Waals surface area contributed by atoms with Crippen molar-refractivity contribution in [2.24, 2.45) is 0 Å². The summed E-state index contributed by atoms with van der Waals surface area (Å²) in [5, 5.41) is 2.91. The van der Waals surface area contributed by atoms with Crippen LogP contribution < -0.4 is 10.1 Å². The van der Waals surface area contributed by atoms with Gasteiger partial charge in [0.2, 0.25) is 5.91 Å². The first-order valence-electron chi connectivity index (χ1n) is 9.81. The number of carbonyl (C=O) groups is 2. The average molecular weight is 383 g/mol. The van der Waals surface area contributed by atoms with Crippen LogP contribution >= 0.6 is 0 Å². The maximum atomic E-state index is 12.9. The smallest absolute Gasteiger partial charge is 0.261 e. The van der Waals surface area contributed by atoms with Gasteiger partial charge in [-0.2, -0.15) is 0 Å². The molecule has 0 heterocycles. The van der Waals surface area contributed by atoms with Gasteiger partial charge >= 0.3 is 0 Å². The van der Waals surface area contributed by atoms with E-state index in [-0.39, 0.29) is 18.4 Å². The molecule has 1 N–H and O–H groups in total. The number of nitrogens with one attached hydrogen (secondary N) is 1. The van der Waals surface area contributed by atoms with E-state index in [0.717, 1.165) is 24.0 Å². The van der Waals surface area contributed by atoms with Crippen LogP contribution in [0.15, 0.2) is 54.6 Å². The summed E-state index contributed by atoms with van der Waals surface area (Å²) in [5.41, 5.74) is 2.04. The van der Waals surface area contributed by atoms with Crippen LogP contribution in [0.1, 0.15) is 37.8 Å². The third kappa shape index (κ3) is 6.72. The molecular formula is C23H30N2O3. The molecule has 0 fully saturated rings. The third-order valence-electron chi connectivity index (χ3n) is 4.54. The number of hydrogen-bond donors (Lipinski definition) is 1. The maximum absolute atomic E-state index is 12.9. The van der Waals surface area contributed by atoms with Crippen molar-refractivity contribution in [3.05, 3.63) is 65.7 Å². The first-order valence-corrected chi connectivity index (χ1v) is 9.81. The van der Waals surface area contributed by atoms with Crippen molar-refractivity contribution in [3.8, 4) is 5.75 Å². The second-order valence-corrected chi connectivity index (χ2v) is 6.93. The summed E-state index contributed by atoms with van der Waals surface area (Å²) >= 11 is 0. The number of unbranched alkanes of at least 4 members (excludes halogenated alkanes) is 1. The van der Waals surface area contributed by atoms with Gasteiger partial charge in [0, 0.05) is 13.1 Å². The van der Waals surface area contributed by atoms with Gasteiger partial charge in [0.05, 0.1) is 0 Å². The Bertz CT molecular complexity index is 761. The Labute approximate surface area is 167 Å². The summed E-state index contributed by atoms with van der Waals surface area (Å²) in [5.74, 6) is 0.282. The molecule has 5 heteroatoms. The Morgan fingerprint density at radius 1 is 1.11 bits per heavy atom. The fraction of sp³-hybridized carbons (Fsp3) is 0.391. The van der Waals surface area contributed by atoms with Crippen LogP contribution in [0, 0.1) is 6.92 Å². The summed E-state index contributed by atoms with van der Waals surface area (Å²) in [6.45, 7) is 6.67. The van der Waals surface area contributed by atoms with Crippen molar-refractivity contribution < 1.29 is 14.3 Å². The molecule has 0 aliphatic rings. The summed E-state index contributed by atoms with van der Waals surface area (Å²) in [6, 6.07) is 16.7. The number of benzene rings is 2. The van der Waals surface area contributed by atoms with Gasteiger partial charge < -0.3 is 15.0 Å². The van der Waals surface area contributed by atoms with E-state index in [1.807, 2.05) is 61.5 Å². The zero-order valence-electron chi connectivity index (χ0n) is 17.0. The Kier molecular flexibility index (Phi) is 8.53. The molecule has 0 aliphatic carbocycles. The monoisotopic (exact) mass is 382 g/mol. The fourth-order valence-corrected chi connectivity index (χ4v) is 2.83. The summed E-state index contributed by atoms with van der Waals surface area (Å²) in [6.07, 6.45) is 1.92. The topological polar surface area (TPSA) is 58.6 Å². The second-order valence-electron chi connectivity index (χ2n) is 6.93. The molecule has 2 aromatic carbocycles. The molecule has 0 aliphatic heterocycles. The highest BCUT2D eigenvalue weighted by Gasteiger charge is 2.26. The van der Waals surface area contributed by atoms with Crippen LogP contribution in [0.5, 0.6) is 5.75 Å². The lowest BCUT2D eigenvalue weighted by Crippen LogP contribution is -2.49. The van der Waals surface area contributed by atoms with Gasteiger partial charge in [0.25, 0.3) is 5.91 Å². The third-order valence-corrected chi connectivity index (χ3v) is 4.54. The largest absolute Gasteiger partial charge is 0.484 e. The van der Waals surface area contributed by atoms with Crippen LogP contribution in [0.3, 0.4) is 0 Å². The second kappa shape index (κ2) is 11.1. The number of amides is 2. The van der Waals surface area contributed by atoms with E-state index in [4.69, 9.17) is 4.74 Å². The summed E-state index contributed by atoms with van der Waals surface area (Å²) in [7, 11) is 0. The first kappa shape index (κ1) is 21.5. The van der Waals surface area contributed by atoms with Crippen molar-refractivity contribution in [2.75, 3.05) is 13.2 Å². The number of ether oxygens (including phenoxy) is 1. The number of carbonyl (C=O) groups excluding carboxylic acids is 2. The van der Waals surface area contributed by atoms with Crippen molar-refractivity contribution in [1.29, 1.82) is 0 Å². The predicted octanol–water partition coefficient (Wildman–Crippen LogP) is 3.71. The average Bonchev–Trinajstić information content (AvgIpc) is 2.70. The molecule has 2 aromatic rings. The van der Waals surface area contributed by atoms with E-state index in [0.29, 0.717) is 18.8 Å². The summed E-state index contributed by atoms with van der Waals surface area (Å²) < 4.78 is 5.67. The first-order chi connectivity index (χ1) is 13.5. The van der Waals surface area contributed by atoms with Crippen LogP contribution in [0.2, 0.25) is 0 Å². The Balaban J connectivity index is 2.07. The molecule has 2 amide bonds. The number of aryl methyl sites for hydroxylation is 1. The van der Waals surface area contributed by atoms with Crippen LogP contribution in [-0.2, 0) is 16.1 Å². The van der Waals surface area contributed by atoms with Gasteiger partial charge in [-0.3, -0.25) is 9.59 Å². The minimum atomic E-state index is -0.578. The van der Waals surface area contributed by atoms with E-state index in [1.54, 1.807) is 11.8 Å². The highest BCUT2D eigenvalue weighted by molar-refractivity contribution is 5.87. The molecular weight excluding hydrogens is 352 g/mol. The van der Waals surface area contributed by atoms with Crippen LogP contribution in [-0.4, -0.2) is 35.9 Å². The molecule has 150 valence electrons.